The number of nitrogens with zero attached hydrogens (tertiary/aromatic N) is 2. The lowest BCUT2D eigenvalue weighted by Gasteiger charge is -2.47. The number of nitrogens with one attached hydrogen (secondary N) is 1. The van der Waals surface area contributed by atoms with Crippen LogP contribution in [0.25, 0.3) is 0 Å². The van der Waals surface area contributed by atoms with Crippen molar-refractivity contribution in [3.8, 4) is 0 Å². The molecule has 0 spiro atoms. The summed E-state index contributed by atoms with van der Waals surface area (Å²) in [5.41, 5.74) is -0.471. The highest BCUT2D eigenvalue weighted by Gasteiger charge is 2.36. The highest BCUT2D eigenvalue weighted by molar-refractivity contribution is 5.68. The number of hydrogen-bond donors (Lipinski definition) is 2. The molecule has 6 nitrogen and oxygen atoms in total. The second-order valence-electron chi connectivity index (χ2n) is 6.31. The number of amides is 1. The van der Waals surface area contributed by atoms with Crippen molar-refractivity contribution in [1.82, 2.24) is 15.1 Å². The quantitative estimate of drug-likeness (QED) is 0.732. The molecule has 2 aliphatic heterocycles. The minimum atomic E-state index is -0.471. The van der Waals surface area contributed by atoms with Crippen LogP contribution in [0.15, 0.2) is 0 Å². The van der Waals surface area contributed by atoms with E-state index in [1.54, 1.807) is 4.90 Å². The van der Waals surface area contributed by atoms with E-state index < -0.39 is 5.60 Å². The van der Waals surface area contributed by atoms with E-state index >= 15 is 0 Å². The van der Waals surface area contributed by atoms with Crippen molar-refractivity contribution in [3.63, 3.8) is 0 Å². The summed E-state index contributed by atoms with van der Waals surface area (Å²) in [6.45, 7) is 9.64. The Balaban J connectivity index is 1.90. The molecule has 2 fully saturated rings. The first-order valence-electron chi connectivity index (χ1n) is 6.96. The number of piperazine rings is 1. The second kappa shape index (κ2) is 5.64. The molecule has 0 radical (unpaired) electrons. The first-order valence-corrected chi connectivity index (χ1v) is 6.96. The lowest BCUT2D eigenvalue weighted by Crippen LogP contribution is -2.66. The number of carbonyl (C=O) groups is 1. The van der Waals surface area contributed by atoms with Crippen LogP contribution in [0.5, 0.6) is 0 Å². The molecule has 0 aromatic rings. The number of ether oxygens (including phenoxy) is 1. The summed E-state index contributed by atoms with van der Waals surface area (Å²) in [4.78, 5) is 16.0. The lowest BCUT2D eigenvalue weighted by atomic mass is 10.0. The monoisotopic (exact) mass is 271 g/mol. The molecule has 1 unspecified atom stereocenters. The fourth-order valence-electron chi connectivity index (χ4n) is 2.51. The van der Waals surface area contributed by atoms with Crippen molar-refractivity contribution in [1.29, 1.82) is 0 Å². The third kappa shape index (κ3) is 3.58. The van der Waals surface area contributed by atoms with Crippen LogP contribution in [0.4, 0.5) is 4.79 Å². The molecule has 2 N–H and O–H groups in total. The Hall–Kier alpha value is -0.850. The van der Waals surface area contributed by atoms with E-state index in [1.807, 2.05) is 20.8 Å². The first-order chi connectivity index (χ1) is 8.90. The van der Waals surface area contributed by atoms with Crippen LogP contribution in [0.3, 0.4) is 0 Å². The summed E-state index contributed by atoms with van der Waals surface area (Å²) in [6.07, 6.45) is -0.280. The molecule has 19 heavy (non-hydrogen) atoms. The van der Waals surface area contributed by atoms with Gasteiger partial charge < -0.3 is 20.1 Å². The number of carbonyl (C=O) groups excluding carboxylic acids is 1. The van der Waals surface area contributed by atoms with Crippen LogP contribution in [-0.2, 0) is 4.74 Å². The molecular weight excluding hydrogens is 246 g/mol. The molecule has 1 atom stereocenters. The molecule has 6 heteroatoms. The lowest BCUT2D eigenvalue weighted by molar-refractivity contribution is -0.0226. The Kier molecular flexibility index (Phi) is 4.32. The van der Waals surface area contributed by atoms with Gasteiger partial charge in [-0.3, -0.25) is 4.90 Å². The van der Waals surface area contributed by atoms with Gasteiger partial charge in [0.05, 0.1) is 12.6 Å². The van der Waals surface area contributed by atoms with E-state index in [0.717, 1.165) is 19.6 Å². The zero-order valence-electron chi connectivity index (χ0n) is 12.1. The van der Waals surface area contributed by atoms with Crippen molar-refractivity contribution in [2.24, 2.45) is 0 Å². The van der Waals surface area contributed by atoms with Gasteiger partial charge in [-0.15, -0.1) is 0 Å². The van der Waals surface area contributed by atoms with Gasteiger partial charge in [-0.2, -0.15) is 0 Å². The maximum atomic E-state index is 12.0. The molecular formula is C13H25N3O3. The summed E-state index contributed by atoms with van der Waals surface area (Å²) < 4.78 is 5.38. The third-order valence-corrected chi connectivity index (χ3v) is 3.62. The van der Waals surface area contributed by atoms with Crippen LogP contribution in [0.2, 0.25) is 0 Å². The van der Waals surface area contributed by atoms with Crippen molar-refractivity contribution >= 4 is 6.09 Å². The smallest absolute Gasteiger partial charge is 0.410 e. The van der Waals surface area contributed by atoms with Crippen LogP contribution in [-0.4, -0.2) is 78.0 Å². The average molecular weight is 271 g/mol. The maximum absolute atomic E-state index is 12.0. The first kappa shape index (κ1) is 14.6. The molecule has 0 aliphatic carbocycles. The van der Waals surface area contributed by atoms with Crippen molar-refractivity contribution in [2.75, 3.05) is 39.3 Å². The molecule has 2 heterocycles. The SMILES string of the molecule is CC(C)(C)OC(=O)N1CCN(C2CNC2)C(CO)C1. The number of hydrogen-bond acceptors (Lipinski definition) is 5. The molecule has 0 aromatic heterocycles. The molecule has 2 rings (SSSR count). The van der Waals surface area contributed by atoms with E-state index in [2.05, 4.69) is 10.2 Å². The van der Waals surface area contributed by atoms with Crippen molar-refractivity contribution in [2.45, 2.75) is 38.5 Å². The number of rotatable bonds is 2. The van der Waals surface area contributed by atoms with E-state index in [-0.39, 0.29) is 18.7 Å². The van der Waals surface area contributed by atoms with E-state index in [0.29, 0.717) is 19.1 Å². The largest absolute Gasteiger partial charge is 0.444 e. The topological polar surface area (TPSA) is 65.0 Å². The molecule has 0 aromatic carbocycles. The number of aliphatic hydroxyl groups is 1. The van der Waals surface area contributed by atoms with Crippen molar-refractivity contribution < 1.29 is 14.6 Å². The summed E-state index contributed by atoms with van der Waals surface area (Å²) in [5, 5.41) is 12.8. The molecule has 2 aliphatic rings. The van der Waals surface area contributed by atoms with Crippen LogP contribution in [0.1, 0.15) is 20.8 Å². The van der Waals surface area contributed by atoms with Gasteiger partial charge in [0.2, 0.25) is 0 Å². The summed E-state index contributed by atoms with van der Waals surface area (Å²) in [6, 6.07) is 0.520. The van der Waals surface area contributed by atoms with Crippen LogP contribution in [0, 0.1) is 0 Å². The van der Waals surface area contributed by atoms with Gasteiger partial charge >= 0.3 is 6.09 Å². The van der Waals surface area contributed by atoms with Gasteiger partial charge in [0.15, 0.2) is 0 Å². The van der Waals surface area contributed by atoms with Gasteiger partial charge in [-0.25, -0.2) is 4.79 Å². The minimum Gasteiger partial charge on any atom is -0.444 e. The van der Waals surface area contributed by atoms with Gasteiger partial charge in [-0.05, 0) is 20.8 Å². The zero-order valence-corrected chi connectivity index (χ0v) is 12.1. The molecule has 110 valence electrons. The van der Waals surface area contributed by atoms with Gasteiger partial charge in [0.1, 0.15) is 5.60 Å². The predicted octanol–water partition coefficient (Wildman–Crippen LogP) is -0.128. The Morgan fingerprint density at radius 1 is 1.37 bits per heavy atom. The fourth-order valence-corrected chi connectivity index (χ4v) is 2.51. The Morgan fingerprint density at radius 2 is 2.05 bits per heavy atom. The Morgan fingerprint density at radius 3 is 2.53 bits per heavy atom. The Bertz CT molecular complexity index is 326. The number of aliphatic hydroxyl groups excluding tert-OH is 1. The Labute approximate surface area is 114 Å². The van der Waals surface area contributed by atoms with Crippen LogP contribution < -0.4 is 5.32 Å². The third-order valence-electron chi connectivity index (χ3n) is 3.62. The van der Waals surface area contributed by atoms with Gasteiger partial charge in [0, 0.05) is 38.8 Å². The standard InChI is InChI=1S/C13H25N3O3/c1-13(2,3)19-12(18)15-4-5-16(10-6-14-7-10)11(8-15)9-17/h10-11,14,17H,4-9H2,1-3H3. The minimum absolute atomic E-state index is 0.0216. The van der Waals surface area contributed by atoms with E-state index in [4.69, 9.17) is 4.74 Å². The normalized spacial score (nSPS) is 26.1. The maximum Gasteiger partial charge on any atom is 0.410 e. The summed E-state index contributed by atoms with van der Waals surface area (Å²) >= 11 is 0. The summed E-state index contributed by atoms with van der Waals surface area (Å²) in [7, 11) is 0. The molecule has 0 saturated carbocycles. The molecule has 1 amide bonds. The van der Waals surface area contributed by atoms with E-state index in [1.165, 1.54) is 0 Å². The summed E-state index contributed by atoms with van der Waals surface area (Å²) in [5.74, 6) is 0. The van der Waals surface area contributed by atoms with E-state index in [9.17, 15) is 9.90 Å². The molecule has 0 bridgehead atoms. The zero-order chi connectivity index (χ0) is 14.0. The van der Waals surface area contributed by atoms with Crippen molar-refractivity contribution in [3.05, 3.63) is 0 Å². The van der Waals surface area contributed by atoms with Gasteiger partial charge in [-0.1, -0.05) is 0 Å². The second-order valence-corrected chi connectivity index (χ2v) is 6.31. The predicted molar refractivity (Wildman–Crippen MR) is 72.0 cm³/mol. The van der Waals surface area contributed by atoms with Crippen LogP contribution >= 0.6 is 0 Å². The average Bonchev–Trinajstić information content (AvgIpc) is 2.24. The highest BCUT2D eigenvalue weighted by atomic mass is 16.6. The fraction of sp³-hybridized carbons (Fsp3) is 0.923. The molecule has 2 saturated heterocycles. The van der Waals surface area contributed by atoms with Gasteiger partial charge in [0.25, 0.3) is 0 Å². The highest BCUT2D eigenvalue weighted by Crippen LogP contribution is 2.18.